The first-order valence-electron chi connectivity index (χ1n) is 6.55. The van der Waals surface area contributed by atoms with Crippen molar-refractivity contribution in [3.63, 3.8) is 0 Å². The molecule has 0 saturated carbocycles. The van der Waals surface area contributed by atoms with Gasteiger partial charge in [0.25, 0.3) is 15.2 Å². The normalized spacial score (nSPS) is 15.1. The Morgan fingerprint density at radius 3 is 1.73 bits per heavy atom. The van der Waals surface area contributed by atoms with Crippen LogP contribution >= 0.6 is 60.7 Å². The van der Waals surface area contributed by atoms with Crippen LogP contribution in [0, 0.1) is 20.2 Å². The minimum atomic E-state index is -4.46. The monoisotopic (exact) mass is 548 g/mol. The highest BCUT2D eigenvalue weighted by molar-refractivity contribution is 8.21. The van der Waals surface area contributed by atoms with Gasteiger partial charge < -0.3 is 4.42 Å². The Kier molecular flexibility index (Phi) is 9.20. The second kappa shape index (κ2) is 10.2. The summed E-state index contributed by atoms with van der Waals surface area (Å²) in [5.41, 5.74) is 0. The fourth-order valence-electron chi connectivity index (χ4n) is 1.73. The second-order valence-corrected chi connectivity index (χ2v) is 9.07. The van der Waals surface area contributed by atoms with E-state index in [0.717, 1.165) is 0 Å². The van der Waals surface area contributed by atoms with Gasteiger partial charge in [0.1, 0.15) is 40.6 Å². The van der Waals surface area contributed by atoms with Gasteiger partial charge in [0.2, 0.25) is 9.97 Å². The molecule has 22 heteroatoms. The predicted molar refractivity (Wildman–Crippen MR) is 93.3 cm³/mol. The van der Waals surface area contributed by atoms with E-state index in [2.05, 4.69) is 14.6 Å². The van der Waals surface area contributed by atoms with Crippen LogP contribution in [0.25, 0.3) is 0 Å². The van der Waals surface area contributed by atoms with Gasteiger partial charge in [-0.3, -0.25) is 20.2 Å². The van der Waals surface area contributed by atoms with E-state index in [1.807, 2.05) is 0 Å². The smallest absolute Gasteiger partial charge is 0.421 e. The minimum Gasteiger partial charge on any atom is -0.421 e. The Labute approximate surface area is 182 Å². The summed E-state index contributed by atoms with van der Waals surface area (Å²) in [5, 5.41) is 22.2. The second-order valence-electron chi connectivity index (χ2n) is 4.87. The molecule has 0 aliphatic carbocycles. The molecule has 0 amide bonds. The van der Waals surface area contributed by atoms with Crippen molar-refractivity contribution in [2.75, 3.05) is 0 Å². The highest BCUT2D eigenvalue weighted by atomic mass is 32.3. The van der Waals surface area contributed by atoms with E-state index in [0.29, 0.717) is 0 Å². The first-order chi connectivity index (χ1) is 13.9. The van der Waals surface area contributed by atoms with Crippen LogP contribution in [-0.2, 0) is 11.4 Å². The molecule has 1 aromatic heterocycles. The van der Waals surface area contributed by atoms with Gasteiger partial charge in [-0.25, -0.2) is 8.78 Å². The van der Waals surface area contributed by atoms with Crippen LogP contribution in [0.5, 0.6) is 0 Å². The average molecular weight is 548 g/mol. The number of halogens is 8. The van der Waals surface area contributed by atoms with Crippen molar-refractivity contribution >= 4 is 60.7 Å². The molecule has 0 bridgehead atoms. The number of aromatic nitrogens is 2. The summed E-state index contributed by atoms with van der Waals surface area (Å²) >= 11 is -8.48. The van der Waals surface area contributed by atoms with Gasteiger partial charge in [0.15, 0.2) is 0 Å². The van der Waals surface area contributed by atoms with Crippen molar-refractivity contribution in [2.24, 2.45) is 0 Å². The molecule has 0 aliphatic rings. The third-order valence-corrected chi connectivity index (χ3v) is 8.09. The maximum Gasteiger partial charge on any atom is 0.614 e. The SMILES string of the molecule is O=[N+]([O-])C(F)(CCc1nnc(C(F)(SF)C(SF)(SF)C(F)(SF)SF)o1)[N+](=O)[O-]. The van der Waals surface area contributed by atoms with Crippen molar-refractivity contribution < 1.29 is 46.9 Å². The number of rotatable bonds is 13. The molecule has 1 heterocycles. The van der Waals surface area contributed by atoms with Crippen molar-refractivity contribution in [2.45, 2.75) is 32.2 Å². The summed E-state index contributed by atoms with van der Waals surface area (Å²) in [5.74, 6) is -7.09. The van der Waals surface area contributed by atoms with Crippen molar-refractivity contribution in [3.8, 4) is 0 Å². The molecule has 30 heavy (non-hydrogen) atoms. The van der Waals surface area contributed by atoms with Crippen LogP contribution in [0.15, 0.2) is 4.42 Å². The molecule has 172 valence electrons. The number of alkyl halides is 3. The quantitative estimate of drug-likeness (QED) is 0.0985. The highest BCUT2D eigenvalue weighted by Crippen LogP contribution is 2.70. The zero-order valence-corrected chi connectivity index (χ0v) is 17.4. The van der Waals surface area contributed by atoms with Crippen LogP contribution in [0.4, 0.5) is 32.6 Å². The van der Waals surface area contributed by atoms with Crippen molar-refractivity contribution in [1.82, 2.24) is 10.2 Å². The van der Waals surface area contributed by atoms with E-state index >= 15 is 4.39 Å². The molecule has 1 unspecified atom stereocenters. The predicted octanol–water partition coefficient (Wildman–Crippen LogP) is 5.71. The summed E-state index contributed by atoms with van der Waals surface area (Å²) in [7, 11) is 0. The number of hydrogen-bond acceptors (Lipinski definition) is 12. The van der Waals surface area contributed by atoms with Gasteiger partial charge in [-0.05, 0) is 0 Å². The average Bonchev–Trinajstić information content (AvgIpc) is 3.21. The molecule has 0 radical (unpaired) electrons. The molecular formula is C8H4F8N4O5S5. The summed E-state index contributed by atoms with van der Waals surface area (Å²) in [6.45, 7) is 0. The fraction of sp³-hybridized carbons (Fsp3) is 0.750. The number of hydrogen-bond donors (Lipinski definition) is 0. The molecule has 0 fully saturated rings. The van der Waals surface area contributed by atoms with E-state index in [1.54, 1.807) is 0 Å². The molecular weight excluding hydrogens is 544 g/mol. The lowest BCUT2D eigenvalue weighted by atomic mass is 10.2. The maximum absolute atomic E-state index is 15.2. The van der Waals surface area contributed by atoms with E-state index in [1.165, 1.54) is 0 Å². The Morgan fingerprint density at radius 2 is 1.37 bits per heavy atom. The summed E-state index contributed by atoms with van der Waals surface area (Å²) in [4.78, 5) is 17.1. The van der Waals surface area contributed by atoms with Crippen LogP contribution in [0.2, 0.25) is 0 Å². The van der Waals surface area contributed by atoms with E-state index in [-0.39, 0.29) is 0 Å². The van der Waals surface area contributed by atoms with Crippen LogP contribution in [-0.4, -0.2) is 34.4 Å². The van der Waals surface area contributed by atoms with Crippen LogP contribution < -0.4 is 0 Å². The Hall–Kier alpha value is -0.870. The third-order valence-electron chi connectivity index (χ3n) is 3.30. The molecule has 0 aliphatic heterocycles. The molecule has 1 aromatic rings. The standard InChI is InChI=1S/C8H4F8N4O5S5/c9-5(19(21)22,20(23)24)2-1-3-17-18-4(25-3)6(10,26-12)7(27-13,28-14)8(11,29-15)30-16/h1-2H2. The van der Waals surface area contributed by atoms with Gasteiger partial charge >= 0.3 is 5.92 Å². The topological polar surface area (TPSA) is 125 Å². The lowest BCUT2D eigenvalue weighted by molar-refractivity contribution is -0.832. The zero-order chi connectivity index (χ0) is 23.4. The number of nitrogens with zero attached hydrogens (tertiary/aromatic N) is 4. The minimum absolute atomic E-state index is 1.04. The largest absolute Gasteiger partial charge is 0.614 e. The Morgan fingerprint density at radius 1 is 0.867 bits per heavy atom. The summed E-state index contributed by atoms with van der Waals surface area (Å²) < 4.78 is 105. The van der Waals surface area contributed by atoms with Gasteiger partial charge in [0.05, 0.1) is 36.4 Å². The Bertz CT molecular complexity index is 758. The molecule has 0 N–H and O–H groups in total. The molecule has 0 spiro atoms. The first kappa shape index (κ1) is 27.2. The lowest BCUT2D eigenvalue weighted by Gasteiger charge is -2.38. The molecule has 1 atom stereocenters. The molecule has 0 saturated heterocycles. The van der Waals surface area contributed by atoms with Gasteiger partial charge in [-0.2, -0.15) is 19.4 Å². The van der Waals surface area contributed by atoms with E-state index < -0.39 is 115 Å². The van der Waals surface area contributed by atoms with Crippen LogP contribution in [0.1, 0.15) is 18.2 Å². The fourth-order valence-corrected chi connectivity index (χ4v) is 4.62. The van der Waals surface area contributed by atoms with E-state index in [9.17, 15) is 48.4 Å². The molecule has 1 rings (SSSR count). The van der Waals surface area contributed by atoms with Gasteiger partial charge in [0, 0.05) is 6.42 Å². The highest BCUT2D eigenvalue weighted by Gasteiger charge is 2.76. The summed E-state index contributed by atoms with van der Waals surface area (Å²) in [6.07, 6.45) is -2.71. The first-order valence-corrected chi connectivity index (χ1v) is 10.1. The third kappa shape index (κ3) is 4.37. The zero-order valence-electron chi connectivity index (χ0n) is 13.3. The van der Waals surface area contributed by atoms with Crippen molar-refractivity contribution in [3.05, 3.63) is 32.0 Å². The number of aryl methyl sites for hydroxylation is 1. The summed E-state index contributed by atoms with van der Waals surface area (Å²) in [6, 6.07) is 0. The van der Waals surface area contributed by atoms with Crippen molar-refractivity contribution in [1.29, 1.82) is 0 Å². The number of nitro groups is 2. The van der Waals surface area contributed by atoms with Gasteiger partial charge in [-0.1, -0.05) is 4.39 Å². The maximum atomic E-state index is 15.2. The Balaban J connectivity index is 3.37. The van der Waals surface area contributed by atoms with Crippen LogP contribution in [0.3, 0.4) is 0 Å². The van der Waals surface area contributed by atoms with Gasteiger partial charge in [-0.15, -0.1) is 10.2 Å². The van der Waals surface area contributed by atoms with E-state index in [4.69, 9.17) is 0 Å². The molecule has 9 nitrogen and oxygen atoms in total. The molecule has 0 aromatic carbocycles. The lowest BCUT2D eigenvalue weighted by Crippen LogP contribution is -2.51.